The zero-order chi connectivity index (χ0) is 15.0. The SMILES string of the molecule is CCC(C)CNC(=O)c1ccc(C#CCCO)cc1F. The largest absolute Gasteiger partial charge is 0.395 e. The molecule has 1 aromatic rings. The highest BCUT2D eigenvalue weighted by molar-refractivity contribution is 5.94. The molecule has 0 aliphatic rings. The predicted octanol–water partition coefficient (Wildman–Crippen LogP) is 2.34. The van der Waals surface area contributed by atoms with E-state index in [4.69, 9.17) is 5.11 Å². The number of aliphatic hydroxyl groups excluding tert-OH is 1. The van der Waals surface area contributed by atoms with Gasteiger partial charge in [0.25, 0.3) is 5.91 Å². The smallest absolute Gasteiger partial charge is 0.254 e. The van der Waals surface area contributed by atoms with E-state index in [0.29, 0.717) is 24.4 Å². The van der Waals surface area contributed by atoms with Crippen LogP contribution in [-0.4, -0.2) is 24.2 Å². The van der Waals surface area contributed by atoms with Crippen molar-refractivity contribution in [3.8, 4) is 11.8 Å². The van der Waals surface area contributed by atoms with Crippen LogP contribution in [-0.2, 0) is 0 Å². The number of aliphatic hydroxyl groups is 1. The minimum Gasteiger partial charge on any atom is -0.395 e. The molecule has 1 aromatic carbocycles. The Morgan fingerprint density at radius 2 is 2.25 bits per heavy atom. The highest BCUT2D eigenvalue weighted by atomic mass is 19.1. The van der Waals surface area contributed by atoms with E-state index in [-0.39, 0.29) is 12.2 Å². The number of hydrogen-bond donors (Lipinski definition) is 2. The Morgan fingerprint density at radius 3 is 2.85 bits per heavy atom. The molecule has 20 heavy (non-hydrogen) atoms. The molecule has 4 heteroatoms. The van der Waals surface area contributed by atoms with Gasteiger partial charge in [-0.05, 0) is 24.1 Å². The van der Waals surface area contributed by atoms with E-state index in [2.05, 4.69) is 17.2 Å². The molecule has 108 valence electrons. The monoisotopic (exact) mass is 277 g/mol. The van der Waals surface area contributed by atoms with Crippen molar-refractivity contribution in [1.29, 1.82) is 0 Å². The van der Waals surface area contributed by atoms with Crippen LogP contribution in [0, 0.1) is 23.6 Å². The lowest BCUT2D eigenvalue weighted by Crippen LogP contribution is -2.28. The maximum Gasteiger partial charge on any atom is 0.254 e. The third kappa shape index (κ3) is 5.02. The predicted molar refractivity (Wildman–Crippen MR) is 76.8 cm³/mol. The normalized spacial score (nSPS) is 11.4. The van der Waals surface area contributed by atoms with E-state index in [0.717, 1.165) is 6.42 Å². The number of benzene rings is 1. The maximum atomic E-state index is 13.8. The Kier molecular flexibility index (Phi) is 6.75. The molecule has 0 aliphatic carbocycles. The van der Waals surface area contributed by atoms with Crippen molar-refractivity contribution in [3.05, 3.63) is 35.1 Å². The van der Waals surface area contributed by atoms with Crippen LogP contribution in [0.3, 0.4) is 0 Å². The standard InChI is InChI=1S/C16H20FNO2/c1-3-12(2)11-18-16(20)14-8-7-13(10-15(14)17)6-4-5-9-19/h7-8,10,12,19H,3,5,9,11H2,1-2H3,(H,18,20). The summed E-state index contributed by atoms with van der Waals surface area (Å²) in [6, 6.07) is 4.28. The van der Waals surface area contributed by atoms with Gasteiger partial charge in [-0.15, -0.1) is 0 Å². The van der Waals surface area contributed by atoms with Gasteiger partial charge in [0.15, 0.2) is 0 Å². The first-order valence-electron chi connectivity index (χ1n) is 6.76. The van der Waals surface area contributed by atoms with Crippen LogP contribution in [0.1, 0.15) is 42.6 Å². The molecule has 0 heterocycles. The van der Waals surface area contributed by atoms with Crippen LogP contribution < -0.4 is 5.32 Å². The Bertz CT molecular complexity index is 517. The molecule has 0 bridgehead atoms. The number of nitrogens with one attached hydrogen (secondary N) is 1. The summed E-state index contributed by atoms with van der Waals surface area (Å²) in [6.07, 6.45) is 1.31. The van der Waals surface area contributed by atoms with E-state index in [1.165, 1.54) is 12.1 Å². The van der Waals surface area contributed by atoms with Crippen molar-refractivity contribution in [1.82, 2.24) is 5.32 Å². The van der Waals surface area contributed by atoms with E-state index >= 15 is 0 Å². The first-order chi connectivity index (χ1) is 9.58. The maximum absolute atomic E-state index is 13.8. The zero-order valence-corrected chi connectivity index (χ0v) is 11.9. The molecule has 2 N–H and O–H groups in total. The second kappa shape index (κ2) is 8.34. The van der Waals surface area contributed by atoms with Crippen LogP contribution in [0.15, 0.2) is 18.2 Å². The van der Waals surface area contributed by atoms with Gasteiger partial charge in [0.05, 0.1) is 12.2 Å². The lowest BCUT2D eigenvalue weighted by Gasteiger charge is -2.10. The highest BCUT2D eigenvalue weighted by Gasteiger charge is 2.12. The minimum absolute atomic E-state index is 0.0222. The van der Waals surface area contributed by atoms with Crippen molar-refractivity contribution in [2.75, 3.05) is 13.2 Å². The third-order valence-electron chi connectivity index (χ3n) is 2.99. The van der Waals surface area contributed by atoms with E-state index in [9.17, 15) is 9.18 Å². The van der Waals surface area contributed by atoms with Crippen molar-refractivity contribution in [2.45, 2.75) is 26.7 Å². The Hall–Kier alpha value is -1.86. The second-order valence-electron chi connectivity index (χ2n) is 4.69. The minimum atomic E-state index is -0.581. The van der Waals surface area contributed by atoms with Gasteiger partial charge in [0.2, 0.25) is 0 Å². The molecule has 0 saturated carbocycles. The Balaban J connectivity index is 2.73. The first kappa shape index (κ1) is 16.2. The molecule has 1 amide bonds. The summed E-state index contributed by atoms with van der Waals surface area (Å²) in [6.45, 7) is 4.58. The fourth-order valence-corrected chi connectivity index (χ4v) is 1.50. The summed E-state index contributed by atoms with van der Waals surface area (Å²) in [4.78, 5) is 11.8. The Morgan fingerprint density at radius 1 is 1.50 bits per heavy atom. The molecule has 0 fully saturated rings. The summed E-state index contributed by atoms with van der Waals surface area (Å²) in [5.74, 6) is 4.82. The molecule has 0 saturated heterocycles. The fourth-order valence-electron chi connectivity index (χ4n) is 1.50. The zero-order valence-electron chi connectivity index (χ0n) is 11.9. The summed E-state index contributed by atoms with van der Waals surface area (Å²) in [7, 11) is 0. The van der Waals surface area contributed by atoms with Gasteiger partial charge in [-0.1, -0.05) is 32.1 Å². The van der Waals surface area contributed by atoms with Gasteiger partial charge in [-0.25, -0.2) is 4.39 Å². The van der Waals surface area contributed by atoms with Crippen molar-refractivity contribution in [3.63, 3.8) is 0 Å². The van der Waals surface area contributed by atoms with Crippen LogP contribution in [0.25, 0.3) is 0 Å². The molecule has 0 radical (unpaired) electrons. The molecule has 0 aromatic heterocycles. The topological polar surface area (TPSA) is 49.3 Å². The van der Waals surface area contributed by atoms with E-state index in [1.807, 2.05) is 13.8 Å². The number of hydrogen-bond acceptors (Lipinski definition) is 2. The summed E-state index contributed by atoms with van der Waals surface area (Å²) in [5, 5.41) is 11.3. The van der Waals surface area contributed by atoms with Gasteiger partial charge in [0.1, 0.15) is 5.82 Å². The number of carbonyl (C=O) groups is 1. The van der Waals surface area contributed by atoms with E-state index < -0.39 is 11.7 Å². The van der Waals surface area contributed by atoms with Crippen molar-refractivity contribution in [2.24, 2.45) is 5.92 Å². The van der Waals surface area contributed by atoms with Gasteiger partial charge in [0, 0.05) is 18.5 Å². The van der Waals surface area contributed by atoms with Gasteiger partial charge in [-0.2, -0.15) is 0 Å². The molecule has 0 aliphatic heterocycles. The van der Waals surface area contributed by atoms with Crippen LogP contribution in [0.4, 0.5) is 4.39 Å². The number of halogens is 1. The fraction of sp³-hybridized carbons (Fsp3) is 0.438. The van der Waals surface area contributed by atoms with Crippen LogP contribution in [0.2, 0.25) is 0 Å². The molecule has 1 unspecified atom stereocenters. The summed E-state index contributed by atoms with van der Waals surface area (Å²) < 4.78 is 13.8. The average molecular weight is 277 g/mol. The number of amides is 1. The molecular weight excluding hydrogens is 257 g/mol. The van der Waals surface area contributed by atoms with E-state index in [1.54, 1.807) is 6.07 Å². The molecule has 3 nitrogen and oxygen atoms in total. The summed E-state index contributed by atoms with van der Waals surface area (Å²) >= 11 is 0. The third-order valence-corrected chi connectivity index (χ3v) is 2.99. The first-order valence-corrected chi connectivity index (χ1v) is 6.76. The van der Waals surface area contributed by atoms with Crippen LogP contribution >= 0.6 is 0 Å². The van der Waals surface area contributed by atoms with Crippen LogP contribution in [0.5, 0.6) is 0 Å². The Labute approximate surface area is 119 Å². The van der Waals surface area contributed by atoms with Crippen molar-refractivity contribution >= 4 is 5.91 Å². The van der Waals surface area contributed by atoms with Gasteiger partial charge < -0.3 is 10.4 Å². The highest BCUT2D eigenvalue weighted by Crippen LogP contribution is 2.10. The quantitative estimate of drug-likeness (QED) is 0.812. The number of rotatable bonds is 5. The summed E-state index contributed by atoms with van der Waals surface area (Å²) in [5.41, 5.74) is 0.524. The lowest BCUT2D eigenvalue weighted by atomic mass is 10.1. The molecule has 0 spiro atoms. The number of carbonyl (C=O) groups excluding carboxylic acids is 1. The average Bonchev–Trinajstić information content (AvgIpc) is 2.44. The van der Waals surface area contributed by atoms with Gasteiger partial charge >= 0.3 is 0 Å². The van der Waals surface area contributed by atoms with Crippen molar-refractivity contribution < 1.29 is 14.3 Å². The molecule has 1 atom stereocenters. The second-order valence-corrected chi connectivity index (χ2v) is 4.69. The molecular formula is C16H20FNO2. The van der Waals surface area contributed by atoms with Gasteiger partial charge in [-0.3, -0.25) is 4.79 Å². The lowest BCUT2D eigenvalue weighted by molar-refractivity contribution is 0.0944. The molecule has 1 rings (SSSR count).